The van der Waals surface area contributed by atoms with Gasteiger partial charge in [0.05, 0.1) is 6.20 Å². The summed E-state index contributed by atoms with van der Waals surface area (Å²) < 4.78 is 5.83. The maximum absolute atomic E-state index is 6.04. The molecule has 0 unspecified atom stereocenters. The molecule has 0 aliphatic heterocycles. The number of rotatable bonds is 6. The smallest absolute Gasteiger partial charge is 0.145 e. The molecule has 100 valence electrons. The Kier molecular flexibility index (Phi) is 5.19. The lowest BCUT2D eigenvalue weighted by Crippen LogP contribution is -2.14. The van der Waals surface area contributed by atoms with Crippen molar-refractivity contribution in [2.24, 2.45) is 0 Å². The van der Waals surface area contributed by atoms with Crippen molar-refractivity contribution >= 4 is 11.6 Å². The van der Waals surface area contributed by atoms with Crippen molar-refractivity contribution < 1.29 is 4.74 Å². The van der Waals surface area contributed by atoms with Crippen molar-refractivity contribution in [2.45, 2.75) is 19.9 Å². The number of hydrogen-bond acceptors (Lipinski definition) is 3. The van der Waals surface area contributed by atoms with Gasteiger partial charge in [-0.15, -0.1) is 0 Å². The highest BCUT2D eigenvalue weighted by molar-refractivity contribution is 6.30. The summed E-state index contributed by atoms with van der Waals surface area (Å²) in [7, 11) is 0. The monoisotopic (exact) mass is 276 g/mol. The molecule has 0 bridgehead atoms. The van der Waals surface area contributed by atoms with E-state index in [9.17, 15) is 0 Å². The van der Waals surface area contributed by atoms with Crippen LogP contribution in [0.4, 0.5) is 0 Å². The van der Waals surface area contributed by atoms with Crippen LogP contribution in [0.2, 0.25) is 5.02 Å². The lowest BCUT2D eigenvalue weighted by atomic mass is 10.2. The third-order valence-electron chi connectivity index (χ3n) is 2.63. The van der Waals surface area contributed by atoms with Crippen molar-refractivity contribution in [3.63, 3.8) is 0 Å². The zero-order chi connectivity index (χ0) is 13.5. The molecule has 0 aliphatic carbocycles. The van der Waals surface area contributed by atoms with Gasteiger partial charge in [-0.25, -0.2) is 0 Å². The first-order valence-electron chi connectivity index (χ1n) is 6.36. The van der Waals surface area contributed by atoms with Gasteiger partial charge in [-0.3, -0.25) is 4.98 Å². The van der Waals surface area contributed by atoms with Gasteiger partial charge in [-0.2, -0.15) is 0 Å². The molecule has 0 aliphatic rings. The average Bonchev–Trinajstić information content (AvgIpc) is 2.43. The number of hydrogen-bond donors (Lipinski definition) is 1. The summed E-state index contributed by atoms with van der Waals surface area (Å²) in [6.07, 6.45) is 4.51. The zero-order valence-electron chi connectivity index (χ0n) is 10.9. The number of benzene rings is 1. The first-order valence-corrected chi connectivity index (χ1v) is 6.74. The Balaban J connectivity index is 2.14. The summed E-state index contributed by atoms with van der Waals surface area (Å²) in [5, 5.41) is 4.07. The van der Waals surface area contributed by atoms with Crippen LogP contribution in [0.1, 0.15) is 18.9 Å². The molecule has 1 aromatic carbocycles. The van der Waals surface area contributed by atoms with Crippen molar-refractivity contribution in [2.75, 3.05) is 6.54 Å². The minimum atomic E-state index is 0.715. The second kappa shape index (κ2) is 7.12. The zero-order valence-corrected chi connectivity index (χ0v) is 11.7. The van der Waals surface area contributed by atoms with Crippen molar-refractivity contribution in [1.29, 1.82) is 0 Å². The predicted octanol–water partition coefficient (Wildman–Crippen LogP) is 4.03. The van der Waals surface area contributed by atoms with E-state index in [1.807, 2.05) is 30.3 Å². The number of aromatic nitrogens is 1. The molecule has 1 N–H and O–H groups in total. The summed E-state index contributed by atoms with van der Waals surface area (Å²) in [6, 6.07) is 9.37. The van der Waals surface area contributed by atoms with E-state index < -0.39 is 0 Å². The first kappa shape index (κ1) is 13.8. The number of pyridine rings is 1. The molecule has 0 saturated carbocycles. The predicted molar refractivity (Wildman–Crippen MR) is 77.8 cm³/mol. The first-order chi connectivity index (χ1) is 9.29. The topological polar surface area (TPSA) is 34.1 Å². The lowest BCUT2D eigenvalue weighted by Gasteiger charge is -2.12. The summed E-state index contributed by atoms with van der Waals surface area (Å²) in [5.41, 5.74) is 1.05. The largest absolute Gasteiger partial charge is 0.455 e. The van der Waals surface area contributed by atoms with Crippen LogP contribution < -0.4 is 10.1 Å². The van der Waals surface area contributed by atoms with Gasteiger partial charge in [0, 0.05) is 23.3 Å². The van der Waals surface area contributed by atoms with E-state index in [1.54, 1.807) is 12.4 Å². The SMILES string of the molecule is CCCNCc1cc(Cl)ccc1Oc1cccnc1. The average molecular weight is 277 g/mol. The van der Waals surface area contributed by atoms with E-state index in [0.29, 0.717) is 5.02 Å². The van der Waals surface area contributed by atoms with Gasteiger partial charge >= 0.3 is 0 Å². The van der Waals surface area contributed by atoms with Crippen molar-refractivity contribution in [3.05, 3.63) is 53.3 Å². The van der Waals surface area contributed by atoms with E-state index in [4.69, 9.17) is 16.3 Å². The minimum Gasteiger partial charge on any atom is -0.455 e. The Morgan fingerprint density at radius 2 is 2.21 bits per heavy atom. The lowest BCUT2D eigenvalue weighted by molar-refractivity contribution is 0.470. The van der Waals surface area contributed by atoms with Gasteiger partial charge in [0.1, 0.15) is 11.5 Å². The molecule has 4 heteroatoms. The Hall–Kier alpha value is -1.58. The van der Waals surface area contributed by atoms with E-state index in [2.05, 4.69) is 17.2 Å². The minimum absolute atomic E-state index is 0.715. The highest BCUT2D eigenvalue weighted by Gasteiger charge is 2.06. The van der Waals surface area contributed by atoms with E-state index in [-0.39, 0.29) is 0 Å². The van der Waals surface area contributed by atoms with Crippen LogP contribution in [0.3, 0.4) is 0 Å². The third-order valence-corrected chi connectivity index (χ3v) is 2.86. The number of halogens is 1. The second-order valence-electron chi connectivity index (χ2n) is 4.22. The van der Waals surface area contributed by atoms with Gasteiger partial charge < -0.3 is 10.1 Å². The van der Waals surface area contributed by atoms with Gasteiger partial charge in [0.2, 0.25) is 0 Å². The van der Waals surface area contributed by atoms with Crippen LogP contribution in [-0.4, -0.2) is 11.5 Å². The molecule has 0 amide bonds. The molecule has 1 aromatic heterocycles. The molecule has 3 nitrogen and oxygen atoms in total. The highest BCUT2D eigenvalue weighted by Crippen LogP contribution is 2.27. The Morgan fingerprint density at radius 1 is 1.32 bits per heavy atom. The Bertz CT molecular complexity index is 517. The molecule has 1 heterocycles. The number of nitrogens with zero attached hydrogens (tertiary/aromatic N) is 1. The fraction of sp³-hybridized carbons (Fsp3) is 0.267. The Labute approximate surface area is 118 Å². The van der Waals surface area contributed by atoms with Gasteiger partial charge in [-0.1, -0.05) is 18.5 Å². The van der Waals surface area contributed by atoms with Crippen LogP contribution in [0, 0.1) is 0 Å². The van der Waals surface area contributed by atoms with Crippen LogP contribution in [0.5, 0.6) is 11.5 Å². The van der Waals surface area contributed by atoms with E-state index in [1.165, 1.54) is 0 Å². The Morgan fingerprint density at radius 3 is 2.95 bits per heavy atom. The van der Waals surface area contributed by atoms with Gasteiger partial charge in [0.15, 0.2) is 0 Å². The molecular weight excluding hydrogens is 260 g/mol. The number of nitrogens with one attached hydrogen (secondary N) is 1. The molecule has 0 radical (unpaired) electrons. The molecule has 19 heavy (non-hydrogen) atoms. The molecule has 2 rings (SSSR count). The molecule has 0 spiro atoms. The van der Waals surface area contributed by atoms with Gasteiger partial charge in [0.25, 0.3) is 0 Å². The highest BCUT2D eigenvalue weighted by atomic mass is 35.5. The fourth-order valence-corrected chi connectivity index (χ4v) is 1.91. The fourth-order valence-electron chi connectivity index (χ4n) is 1.72. The summed E-state index contributed by atoms with van der Waals surface area (Å²) in [6.45, 7) is 3.85. The summed E-state index contributed by atoms with van der Waals surface area (Å²) in [5.74, 6) is 1.53. The maximum atomic E-state index is 6.04. The summed E-state index contributed by atoms with van der Waals surface area (Å²) in [4.78, 5) is 4.04. The molecule has 2 aromatic rings. The molecule has 0 saturated heterocycles. The standard InChI is InChI=1S/C15H17ClN2O/c1-2-7-17-10-12-9-13(16)5-6-15(12)19-14-4-3-8-18-11-14/h3-6,8-9,11,17H,2,7,10H2,1H3. The third kappa shape index (κ3) is 4.23. The van der Waals surface area contributed by atoms with E-state index in [0.717, 1.165) is 36.6 Å². The maximum Gasteiger partial charge on any atom is 0.145 e. The normalized spacial score (nSPS) is 10.4. The van der Waals surface area contributed by atoms with Crippen molar-refractivity contribution in [3.8, 4) is 11.5 Å². The second-order valence-corrected chi connectivity index (χ2v) is 4.66. The van der Waals surface area contributed by atoms with E-state index >= 15 is 0 Å². The van der Waals surface area contributed by atoms with Crippen molar-refractivity contribution in [1.82, 2.24) is 10.3 Å². The molecule has 0 atom stereocenters. The number of ether oxygens (including phenoxy) is 1. The van der Waals surface area contributed by atoms with Crippen LogP contribution in [-0.2, 0) is 6.54 Å². The molecule has 0 fully saturated rings. The summed E-state index contributed by atoms with van der Waals surface area (Å²) >= 11 is 6.04. The van der Waals surface area contributed by atoms with Gasteiger partial charge in [-0.05, 0) is 43.3 Å². The van der Waals surface area contributed by atoms with Crippen LogP contribution >= 0.6 is 11.6 Å². The van der Waals surface area contributed by atoms with Crippen LogP contribution in [0.15, 0.2) is 42.7 Å². The quantitative estimate of drug-likeness (QED) is 0.809. The van der Waals surface area contributed by atoms with Crippen LogP contribution in [0.25, 0.3) is 0 Å². The molecular formula is C15H17ClN2O.